The first-order chi connectivity index (χ1) is 11.2. The highest BCUT2D eigenvalue weighted by molar-refractivity contribution is 5.94. The van der Waals surface area contributed by atoms with Crippen LogP contribution >= 0.6 is 0 Å². The number of aliphatic hydroxyl groups excluding tert-OH is 1. The number of amides is 1. The minimum Gasteiger partial charge on any atom is -0.396 e. The molecule has 0 aliphatic rings. The van der Waals surface area contributed by atoms with Crippen molar-refractivity contribution >= 4 is 18.5 Å². The van der Waals surface area contributed by atoms with E-state index in [1.54, 1.807) is 19.2 Å². The lowest BCUT2D eigenvalue weighted by molar-refractivity contribution is 0.0948. The van der Waals surface area contributed by atoms with E-state index in [-0.39, 0.29) is 18.9 Å². The SMILES string of the molecule is C=NO/C(CCO)=N\Cc1ccc(C(=O)NCCCOC)cc1. The molecule has 0 aliphatic heterocycles. The molecule has 7 nitrogen and oxygen atoms in total. The number of carbonyl (C=O) groups is 1. The van der Waals surface area contributed by atoms with Crippen molar-refractivity contribution in [2.24, 2.45) is 10.1 Å². The van der Waals surface area contributed by atoms with E-state index in [1.807, 2.05) is 12.1 Å². The third-order valence-corrected chi connectivity index (χ3v) is 2.96. The van der Waals surface area contributed by atoms with Crippen LogP contribution in [0.4, 0.5) is 0 Å². The lowest BCUT2D eigenvalue weighted by Gasteiger charge is -2.06. The van der Waals surface area contributed by atoms with Crippen molar-refractivity contribution in [3.05, 3.63) is 35.4 Å². The van der Waals surface area contributed by atoms with Gasteiger partial charge >= 0.3 is 0 Å². The Morgan fingerprint density at radius 3 is 2.70 bits per heavy atom. The van der Waals surface area contributed by atoms with Crippen LogP contribution in [0.2, 0.25) is 0 Å². The number of rotatable bonds is 10. The second-order valence-electron chi connectivity index (χ2n) is 4.70. The smallest absolute Gasteiger partial charge is 0.251 e. The van der Waals surface area contributed by atoms with Gasteiger partial charge in [-0.2, -0.15) is 0 Å². The van der Waals surface area contributed by atoms with Gasteiger partial charge in [0.05, 0.1) is 13.2 Å². The molecule has 0 saturated carbocycles. The number of benzene rings is 1. The van der Waals surface area contributed by atoms with Crippen molar-refractivity contribution in [3.8, 4) is 0 Å². The molecule has 0 spiro atoms. The highest BCUT2D eigenvalue weighted by Gasteiger charge is 2.05. The summed E-state index contributed by atoms with van der Waals surface area (Å²) in [4.78, 5) is 21.0. The fourth-order valence-corrected chi connectivity index (χ4v) is 1.79. The molecule has 0 bridgehead atoms. The van der Waals surface area contributed by atoms with Crippen LogP contribution < -0.4 is 5.32 Å². The molecule has 7 heteroatoms. The van der Waals surface area contributed by atoms with E-state index in [1.165, 1.54) is 0 Å². The normalized spacial score (nSPS) is 11.1. The van der Waals surface area contributed by atoms with Crippen LogP contribution in [-0.4, -0.2) is 50.5 Å². The molecule has 0 aliphatic carbocycles. The Balaban J connectivity index is 2.53. The average Bonchev–Trinajstić information content (AvgIpc) is 2.57. The minimum atomic E-state index is -0.115. The van der Waals surface area contributed by atoms with Gasteiger partial charge < -0.3 is 20.0 Å². The summed E-state index contributed by atoms with van der Waals surface area (Å²) >= 11 is 0. The van der Waals surface area contributed by atoms with Gasteiger partial charge in [-0.3, -0.25) is 4.79 Å². The minimum absolute atomic E-state index is 0.0729. The van der Waals surface area contributed by atoms with Gasteiger partial charge in [-0.1, -0.05) is 17.3 Å². The number of carbonyl (C=O) groups excluding carboxylic acids is 1. The third-order valence-electron chi connectivity index (χ3n) is 2.96. The van der Waals surface area contributed by atoms with E-state index in [2.05, 4.69) is 22.2 Å². The summed E-state index contributed by atoms with van der Waals surface area (Å²) in [6.45, 7) is 4.72. The number of aliphatic hydroxyl groups is 1. The van der Waals surface area contributed by atoms with Gasteiger partial charge in [0, 0.05) is 39.0 Å². The zero-order chi connectivity index (χ0) is 16.9. The Kier molecular flexibility index (Phi) is 9.26. The Hall–Kier alpha value is -2.25. The van der Waals surface area contributed by atoms with E-state index in [9.17, 15) is 4.79 Å². The van der Waals surface area contributed by atoms with Gasteiger partial charge in [0.1, 0.15) is 0 Å². The number of methoxy groups -OCH3 is 1. The monoisotopic (exact) mass is 321 g/mol. The molecule has 0 heterocycles. The molecule has 1 aromatic carbocycles. The molecule has 0 aromatic heterocycles. The number of hydrogen-bond donors (Lipinski definition) is 2. The maximum Gasteiger partial charge on any atom is 0.251 e. The van der Waals surface area contributed by atoms with E-state index in [0.29, 0.717) is 31.2 Å². The van der Waals surface area contributed by atoms with Crippen LogP contribution in [0.15, 0.2) is 34.4 Å². The number of oxime groups is 1. The van der Waals surface area contributed by atoms with Gasteiger partial charge in [-0.15, -0.1) is 0 Å². The molecule has 1 rings (SSSR count). The fourth-order valence-electron chi connectivity index (χ4n) is 1.79. The summed E-state index contributed by atoms with van der Waals surface area (Å²) < 4.78 is 4.93. The molecular formula is C16H23N3O4. The number of hydrogen-bond acceptors (Lipinski definition) is 6. The summed E-state index contributed by atoms with van der Waals surface area (Å²) in [5.74, 6) is 0.207. The van der Waals surface area contributed by atoms with Crippen LogP contribution in [0.1, 0.15) is 28.8 Å². The quantitative estimate of drug-likeness (QED) is 0.295. The van der Waals surface area contributed by atoms with Crippen molar-refractivity contribution in [1.82, 2.24) is 5.32 Å². The molecule has 126 valence electrons. The molecule has 2 N–H and O–H groups in total. The van der Waals surface area contributed by atoms with Crippen LogP contribution in [-0.2, 0) is 16.1 Å². The first-order valence-corrected chi connectivity index (χ1v) is 7.34. The predicted octanol–water partition coefficient (Wildman–Crippen LogP) is 1.37. The number of aliphatic imine (C=N–C) groups is 1. The molecule has 1 aromatic rings. The molecule has 1 amide bonds. The van der Waals surface area contributed by atoms with Crippen molar-refractivity contribution in [3.63, 3.8) is 0 Å². The molecule has 0 radical (unpaired) electrons. The largest absolute Gasteiger partial charge is 0.396 e. The lowest BCUT2D eigenvalue weighted by Crippen LogP contribution is -2.25. The molecule has 23 heavy (non-hydrogen) atoms. The van der Waals surface area contributed by atoms with Gasteiger partial charge in [0.2, 0.25) is 5.90 Å². The molecular weight excluding hydrogens is 298 g/mol. The van der Waals surface area contributed by atoms with Crippen LogP contribution in [0.3, 0.4) is 0 Å². The number of ether oxygens (including phenoxy) is 1. The number of nitrogens with one attached hydrogen (secondary N) is 1. The third kappa shape index (κ3) is 7.53. The van der Waals surface area contributed by atoms with Gasteiger partial charge in [-0.05, 0) is 24.1 Å². The van der Waals surface area contributed by atoms with Gasteiger partial charge in [0.25, 0.3) is 5.91 Å². The Labute approximate surface area is 136 Å². The predicted molar refractivity (Wildman–Crippen MR) is 88.7 cm³/mol. The highest BCUT2D eigenvalue weighted by Crippen LogP contribution is 2.07. The standard InChI is InChI=1S/C16H23N3O4/c1-17-23-15(8-10-20)19-12-13-4-6-14(7-5-13)16(21)18-9-3-11-22-2/h4-7,20H,1,3,8-12H2,2H3,(H,18,21)/b19-15-. The second-order valence-corrected chi connectivity index (χ2v) is 4.70. The van der Waals surface area contributed by atoms with Crippen molar-refractivity contribution in [2.75, 3.05) is 26.9 Å². The Bertz CT molecular complexity index is 515. The fraction of sp³-hybridized carbons (Fsp3) is 0.438. The van der Waals surface area contributed by atoms with Crippen LogP contribution in [0.25, 0.3) is 0 Å². The maximum absolute atomic E-state index is 11.9. The summed E-state index contributed by atoms with van der Waals surface area (Å²) in [5, 5.41) is 15.0. The average molecular weight is 321 g/mol. The zero-order valence-electron chi connectivity index (χ0n) is 13.3. The Morgan fingerprint density at radius 1 is 1.35 bits per heavy atom. The topological polar surface area (TPSA) is 92.5 Å². The summed E-state index contributed by atoms with van der Waals surface area (Å²) in [7, 11) is 1.63. The van der Waals surface area contributed by atoms with Crippen LogP contribution in [0.5, 0.6) is 0 Å². The van der Waals surface area contributed by atoms with E-state index in [4.69, 9.17) is 14.7 Å². The Morgan fingerprint density at radius 2 is 2.09 bits per heavy atom. The summed E-state index contributed by atoms with van der Waals surface area (Å²) in [6.07, 6.45) is 1.06. The lowest BCUT2D eigenvalue weighted by atomic mass is 10.1. The second kappa shape index (κ2) is 11.3. The maximum atomic E-state index is 11.9. The molecule has 0 unspecified atom stereocenters. The molecule has 0 atom stereocenters. The number of nitrogens with zero attached hydrogens (tertiary/aromatic N) is 2. The van der Waals surface area contributed by atoms with E-state index < -0.39 is 0 Å². The molecule has 0 fully saturated rings. The van der Waals surface area contributed by atoms with E-state index >= 15 is 0 Å². The summed E-state index contributed by atoms with van der Waals surface area (Å²) in [6, 6.07) is 7.14. The first kappa shape index (κ1) is 18.8. The highest BCUT2D eigenvalue weighted by atomic mass is 16.6. The van der Waals surface area contributed by atoms with Crippen molar-refractivity contribution < 1.29 is 19.5 Å². The zero-order valence-corrected chi connectivity index (χ0v) is 13.3. The van der Waals surface area contributed by atoms with Crippen molar-refractivity contribution in [1.29, 1.82) is 0 Å². The molecule has 0 saturated heterocycles. The van der Waals surface area contributed by atoms with Crippen molar-refractivity contribution in [2.45, 2.75) is 19.4 Å². The van der Waals surface area contributed by atoms with Crippen LogP contribution in [0, 0.1) is 0 Å². The summed E-state index contributed by atoms with van der Waals surface area (Å²) in [5.41, 5.74) is 1.51. The van der Waals surface area contributed by atoms with Gasteiger partial charge in [-0.25, -0.2) is 4.99 Å². The van der Waals surface area contributed by atoms with Gasteiger partial charge in [0.15, 0.2) is 0 Å². The van der Waals surface area contributed by atoms with E-state index in [0.717, 1.165) is 12.0 Å². The first-order valence-electron chi connectivity index (χ1n) is 7.34.